The highest BCUT2D eigenvalue weighted by Gasteiger charge is 2.15. The summed E-state index contributed by atoms with van der Waals surface area (Å²) < 4.78 is 10.8. The maximum absolute atomic E-state index is 11.5. The van der Waals surface area contributed by atoms with Crippen LogP contribution in [0.15, 0.2) is 42.5 Å². The summed E-state index contributed by atoms with van der Waals surface area (Å²) in [6.07, 6.45) is 1.15. The van der Waals surface area contributed by atoms with Crippen molar-refractivity contribution in [2.24, 2.45) is 0 Å². The molecule has 118 valence electrons. The monoisotopic (exact) mass is 300 g/mol. The number of hydrogen-bond acceptors (Lipinski definition) is 3. The summed E-state index contributed by atoms with van der Waals surface area (Å²) in [4.78, 5) is 11.5. The van der Waals surface area contributed by atoms with Crippen molar-refractivity contribution in [1.29, 1.82) is 0 Å². The van der Waals surface area contributed by atoms with Gasteiger partial charge in [0.05, 0.1) is 19.6 Å². The Balaban J connectivity index is 1.71. The topological polar surface area (TPSA) is 35.5 Å². The SMILES string of the molecule is CC(C)(C)OC(=O)CCOCCc1ccc2ccccc2c1. The molecule has 2 aromatic carbocycles. The van der Waals surface area contributed by atoms with Crippen LogP contribution in [0.4, 0.5) is 0 Å². The van der Waals surface area contributed by atoms with Gasteiger partial charge in [-0.3, -0.25) is 4.79 Å². The number of esters is 1. The van der Waals surface area contributed by atoms with Crippen LogP contribution in [0.5, 0.6) is 0 Å². The van der Waals surface area contributed by atoms with Crippen molar-refractivity contribution in [3.05, 3.63) is 48.0 Å². The van der Waals surface area contributed by atoms with Gasteiger partial charge in [-0.05, 0) is 43.5 Å². The minimum absolute atomic E-state index is 0.210. The Morgan fingerprint density at radius 1 is 1.00 bits per heavy atom. The van der Waals surface area contributed by atoms with Crippen LogP contribution in [0.25, 0.3) is 10.8 Å². The molecule has 0 amide bonds. The third kappa shape index (κ3) is 5.49. The van der Waals surface area contributed by atoms with Gasteiger partial charge in [-0.1, -0.05) is 42.5 Å². The predicted molar refractivity (Wildman–Crippen MR) is 88.9 cm³/mol. The Morgan fingerprint density at radius 3 is 2.45 bits per heavy atom. The molecule has 0 aliphatic carbocycles. The van der Waals surface area contributed by atoms with E-state index in [0.717, 1.165) is 6.42 Å². The summed E-state index contributed by atoms with van der Waals surface area (Å²) in [7, 11) is 0. The molecule has 0 saturated heterocycles. The highest BCUT2D eigenvalue weighted by Crippen LogP contribution is 2.16. The van der Waals surface area contributed by atoms with Crippen molar-refractivity contribution in [2.75, 3.05) is 13.2 Å². The van der Waals surface area contributed by atoms with E-state index in [9.17, 15) is 4.79 Å². The molecule has 3 nitrogen and oxygen atoms in total. The summed E-state index contributed by atoms with van der Waals surface area (Å²) in [5.74, 6) is -0.210. The van der Waals surface area contributed by atoms with Crippen molar-refractivity contribution in [3.63, 3.8) is 0 Å². The smallest absolute Gasteiger partial charge is 0.308 e. The molecule has 0 spiro atoms. The van der Waals surface area contributed by atoms with Gasteiger partial charge in [-0.15, -0.1) is 0 Å². The zero-order valence-corrected chi connectivity index (χ0v) is 13.6. The van der Waals surface area contributed by atoms with E-state index in [4.69, 9.17) is 9.47 Å². The molecule has 0 aliphatic heterocycles. The zero-order chi connectivity index (χ0) is 16.0. The lowest BCUT2D eigenvalue weighted by Crippen LogP contribution is -2.24. The molecule has 0 saturated carbocycles. The first-order chi connectivity index (χ1) is 10.4. The second-order valence-corrected chi connectivity index (χ2v) is 6.38. The quantitative estimate of drug-likeness (QED) is 0.594. The van der Waals surface area contributed by atoms with Gasteiger partial charge in [0, 0.05) is 0 Å². The first kappa shape index (κ1) is 16.5. The Hall–Kier alpha value is -1.87. The highest BCUT2D eigenvalue weighted by molar-refractivity contribution is 5.82. The molecule has 3 heteroatoms. The van der Waals surface area contributed by atoms with Crippen molar-refractivity contribution in [1.82, 2.24) is 0 Å². The van der Waals surface area contributed by atoms with E-state index < -0.39 is 5.60 Å². The fraction of sp³-hybridized carbons (Fsp3) is 0.421. The lowest BCUT2D eigenvalue weighted by Gasteiger charge is -2.19. The summed E-state index contributed by atoms with van der Waals surface area (Å²) in [5, 5.41) is 2.49. The minimum Gasteiger partial charge on any atom is -0.460 e. The third-order valence-electron chi connectivity index (χ3n) is 3.22. The summed E-state index contributed by atoms with van der Waals surface area (Å²) in [5.41, 5.74) is 0.818. The standard InChI is InChI=1S/C19H24O3/c1-19(2,3)22-18(20)11-13-21-12-10-15-8-9-16-6-4-5-7-17(16)14-15/h4-9,14H,10-13H2,1-3H3. The fourth-order valence-electron chi connectivity index (χ4n) is 2.23. The van der Waals surface area contributed by atoms with Gasteiger partial charge in [0.2, 0.25) is 0 Å². The molecule has 0 aliphatic rings. The van der Waals surface area contributed by atoms with Gasteiger partial charge in [-0.2, -0.15) is 0 Å². The van der Waals surface area contributed by atoms with Crippen molar-refractivity contribution in [2.45, 2.75) is 39.2 Å². The molecule has 0 aromatic heterocycles. The summed E-state index contributed by atoms with van der Waals surface area (Å²) >= 11 is 0. The van der Waals surface area contributed by atoms with Crippen LogP contribution in [-0.2, 0) is 20.7 Å². The van der Waals surface area contributed by atoms with Crippen LogP contribution in [-0.4, -0.2) is 24.8 Å². The van der Waals surface area contributed by atoms with Gasteiger partial charge < -0.3 is 9.47 Å². The van der Waals surface area contributed by atoms with E-state index in [-0.39, 0.29) is 5.97 Å². The largest absolute Gasteiger partial charge is 0.460 e. The summed E-state index contributed by atoms with van der Waals surface area (Å²) in [6.45, 7) is 6.62. The molecule has 22 heavy (non-hydrogen) atoms. The van der Waals surface area contributed by atoms with Gasteiger partial charge >= 0.3 is 5.97 Å². The number of rotatable bonds is 6. The van der Waals surface area contributed by atoms with Gasteiger partial charge in [0.1, 0.15) is 5.60 Å². The van der Waals surface area contributed by atoms with Crippen LogP contribution >= 0.6 is 0 Å². The number of carbonyl (C=O) groups is 1. The van der Waals surface area contributed by atoms with E-state index >= 15 is 0 Å². The van der Waals surface area contributed by atoms with Crippen molar-refractivity contribution < 1.29 is 14.3 Å². The van der Waals surface area contributed by atoms with E-state index in [2.05, 4.69) is 30.3 Å². The van der Waals surface area contributed by atoms with E-state index in [1.807, 2.05) is 32.9 Å². The van der Waals surface area contributed by atoms with Crippen LogP contribution in [0.1, 0.15) is 32.8 Å². The van der Waals surface area contributed by atoms with Crippen molar-refractivity contribution in [3.8, 4) is 0 Å². The maximum atomic E-state index is 11.5. The van der Waals surface area contributed by atoms with Gasteiger partial charge in [-0.25, -0.2) is 0 Å². The predicted octanol–water partition coefficient (Wildman–Crippen LogP) is 4.13. The van der Waals surface area contributed by atoms with E-state index in [0.29, 0.717) is 19.6 Å². The highest BCUT2D eigenvalue weighted by atomic mass is 16.6. The second-order valence-electron chi connectivity index (χ2n) is 6.38. The Morgan fingerprint density at radius 2 is 1.73 bits per heavy atom. The molecule has 0 bridgehead atoms. The number of ether oxygens (including phenoxy) is 2. The van der Waals surface area contributed by atoms with Crippen LogP contribution < -0.4 is 0 Å². The molecule has 0 radical (unpaired) electrons. The lowest BCUT2D eigenvalue weighted by atomic mass is 10.1. The first-order valence-electron chi connectivity index (χ1n) is 7.71. The molecule has 0 heterocycles. The maximum Gasteiger partial charge on any atom is 0.308 e. The number of benzene rings is 2. The molecular weight excluding hydrogens is 276 g/mol. The fourth-order valence-corrected chi connectivity index (χ4v) is 2.23. The first-order valence-corrected chi connectivity index (χ1v) is 7.71. The number of carbonyl (C=O) groups excluding carboxylic acids is 1. The summed E-state index contributed by atoms with van der Waals surface area (Å²) in [6, 6.07) is 14.8. The zero-order valence-electron chi connectivity index (χ0n) is 13.6. The van der Waals surface area contributed by atoms with Crippen LogP contribution in [0.3, 0.4) is 0 Å². The molecule has 0 fully saturated rings. The van der Waals surface area contributed by atoms with Crippen molar-refractivity contribution >= 4 is 16.7 Å². The molecular formula is C19H24O3. The Bertz CT molecular complexity index is 626. The number of hydrogen-bond donors (Lipinski definition) is 0. The average molecular weight is 300 g/mol. The van der Waals surface area contributed by atoms with Crippen LogP contribution in [0, 0.1) is 0 Å². The van der Waals surface area contributed by atoms with E-state index in [1.54, 1.807) is 0 Å². The lowest BCUT2D eigenvalue weighted by molar-refractivity contribution is -0.156. The Kier molecular flexibility index (Phi) is 5.56. The van der Waals surface area contributed by atoms with E-state index in [1.165, 1.54) is 16.3 Å². The molecule has 0 N–H and O–H groups in total. The van der Waals surface area contributed by atoms with Crippen LogP contribution in [0.2, 0.25) is 0 Å². The number of fused-ring (bicyclic) bond motifs is 1. The average Bonchev–Trinajstić information content (AvgIpc) is 2.45. The van der Waals surface area contributed by atoms with Gasteiger partial charge in [0.15, 0.2) is 0 Å². The molecule has 0 atom stereocenters. The normalized spacial score (nSPS) is 11.6. The minimum atomic E-state index is -0.428. The second kappa shape index (κ2) is 7.41. The molecule has 2 aromatic rings. The molecule has 0 unspecified atom stereocenters. The molecule has 2 rings (SSSR count). The van der Waals surface area contributed by atoms with Gasteiger partial charge in [0.25, 0.3) is 0 Å². The third-order valence-corrected chi connectivity index (χ3v) is 3.22. The Labute approximate surface area is 132 Å².